The molecule has 0 aliphatic heterocycles. The number of phenolic OH excluding ortho intramolecular Hbond substituents is 1. The monoisotopic (exact) mass is 331 g/mol. The Balaban J connectivity index is 2.11. The summed E-state index contributed by atoms with van der Waals surface area (Å²) in [5.74, 6) is 0.305. The van der Waals surface area contributed by atoms with Crippen molar-refractivity contribution in [2.45, 2.75) is 33.7 Å². The van der Waals surface area contributed by atoms with E-state index in [4.69, 9.17) is 4.99 Å². The summed E-state index contributed by atoms with van der Waals surface area (Å²) in [5.41, 5.74) is 3.08. The second-order valence-corrected chi connectivity index (χ2v) is 7.68. The van der Waals surface area contributed by atoms with Gasteiger partial charge in [0, 0.05) is 11.8 Å². The maximum absolute atomic E-state index is 10.6. The summed E-state index contributed by atoms with van der Waals surface area (Å²) in [5, 5.41) is 12.8. The Kier molecular flexibility index (Phi) is 4.63. The molecule has 0 aliphatic rings. The predicted octanol–water partition coefficient (Wildman–Crippen LogP) is 6.06. The smallest absolute Gasteiger partial charge is 0.121 e. The Morgan fingerprint density at radius 2 is 1.60 bits per heavy atom. The van der Waals surface area contributed by atoms with Crippen LogP contribution in [0.3, 0.4) is 0 Å². The summed E-state index contributed by atoms with van der Waals surface area (Å²) in [7, 11) is 0. The second kappa shape index (κ2) is 6.72. The Hall–Kier alpha value is -2.61. The van der Waals surface area contributed by atoms with Crippen LogP contribution >= 0.6 is 0 Å². The first-order chi connectivity index (χ1) is 11.9. The number of phenols is 1. The fraction of sp³-hybridized carbons (Fsp3) is 0.261. The molecule has 0 aromatic heterocycles. The standard InChI is InChI=1S/C23H25NO/c1-16-9-11-17(12-10-16)15-24-22(23(2,3)4)21-19-8-6-5-7-18(19)13-14-20(21)25/h5-15,22,25H,1-4H3. The lowest BCUT2D eigenvalue weighted by Gasteiger charge is -2.29. The maximum Gasteiger partial charge on any atom is 0.121 e. The number of aliphatic imine (C=N–C) groups is 1. The van der Waals surface area contributed by atoms with Gasteiger partial charge in [0.2, 0.25) is 0 Å². The van der Waals surface area contributed by atoms with Gasteiger partial charge in [-0.1, -0.05) is 80.9 Å². The van der Waals surface area contributed by atoms with Crippen molar-refractivity contribution in [1.29, 1.82) is 0 Å². The molecule has 3 rings (SSSR count). The van der Waals surface area contributed by atoms with E-state index in [1.807, 2.05) is 24.4 Å². The lowest BCUT2D eigenvalue weighted by atomic mass is 9.80. The van der Waals surface area contributed by atoms with Crippen molar-refractivity contribution in [1.82, 2.24) is 0 Å². The molecule has 0 aliphatic carbocycles. The van der Waals surface area contributed by atoms with Crippen molar-refractivity contribution in [3.8, 4) is 5.75 Å². The molecule has 1 unspecified atom stereocenters. The normalized spacial score (nSPS) is 13.4. The highest BCUT2D eigenvalue weighted by Gasteiger charge is 2.29. The number of fused-ring (bicyclic) bond motifs is 1. The van der Waals surface area contributed by atoms with Gasteiger partial charge in [0.1, 0.15) is 5.75 Å². The van der Waals surface area contributed by atoms with Crippen LogP contribution in [0.15, 0.2) is 65.7 Å². The van der Waals surface area contributed by atoms with Gasteiger partial charge < -0.3 is 5.11 Å². The average Bonchev–Trinajstić information content (AvgIpc) is 2.57. The summed E-state index contributed by atoms with van der Waals surface area (Å²) in [6.45, 7) is 8.55. The zero-order valence-electron chi connectivity index (χ0n) is 15.3. The molecule has 1 atom stereocenters. The molecule has 0 bridgehead atoms. The Morgan fingerprint density at radius 3 is 2.28 bits per heavy atom. The average molecular weight is 331 g/mol. The summed E-state index contributed by atoms with van der Waals surface area (Å²) in [6, 6.07) is 20.1. The van der Waals surface area contributed by atoms with Crippen LogP contribution in [-0.4, -0.2) is 11.3 Å². The molecule has 1 N–H and O–H groups in total. The van der Waals surface area contributed by atoms with E-state index in [-0.39, 0.29) is 11.5 Å². The molecule has 0 spiro atoms. The van der Waals surface area contributed by atoms with Crippen molar-refractivity contribution in [2.75, 3.05) is 0 Å². The molecule has 0 amide bonds. The zero-order chi connectivity index (χ0) is 18.0. The molecule has 128 valence electrons. The third-order valence-corrected chi connectivity index (χ3v) is 4.49. The van der Waals surface area contributed by atoms with Crippen LogP contribution in [0, 0.1) is 12.3 Å². The van der Waals surface area contributed by atoms with E-state index in [2.05, 4.69) is 64.1 Å². The van der Waals surface area contributed by atoms with Crippen LogP contribution < -0.4 is 0 Å². The van der Waals surface area contributed by atoms with Gasteiger partial charge in [0.05, 0.1) is 6.04 Å². The first kappa shape index (κ1) is 17.2. The fourth-order valence-corrected chi connectivity index (χ4v) is 3.12. The maximum atomic E-state index is 10.6. The highest BCUT2D eigenvalue weighted by Crippen LogP contribution is 2.43. The number of hydrogen-bond acceptors (Lipinski definition) is 2. The van der Waals surface area contributed by atoms with Crippen molar-refractivity contribution in [3.05, 3.63) is 77.4 Å². The van der Waals surface area contributed by atoms with Crippen molar-refractivity contribution < 1.29 is 5.11 Å². The quantitative estimate of drug-likeness (QED) is 0.581. The number of aryl methyl sites for hydroxylation is 1. The number of benzene rings is 3. The van der Waals surface area contributed by atoms with Crippen LogP contribution in [0.1, 0.15) is 43.5 Å². The van der Waals surface area contributed by atoms with Gasteiger partial charge in [-0.15, -0.1) is 0 Å². The molecule has 3 aromatic carbocycles. The van der Waals surface area contributed by atoms with E-state index in [0.717, 1.165) is 21.9 Å². The summed E-state index contributed by atoms with van der Waals surface area (Å²) in [6.07, 6.45) is 1.91. The molecule has 0 radical (unpaired) electrons. The van der Waals surface area contributed by atoms with E-state index in [9.17, 15) is 5.11 Å². The van der Waals surface area contributed by atoms with Gasteiger partial charge in [-0.3, -0.25) is 4.99 Å². The molecule has 0 fully saturated rings. The third kappa shape index (κ3) is 3.74. The molecule has 2 heteroatoms. The van der Waals surface area contributed by atoms with Crippen LogP contribution in [0.2, 0.25) is 0 Å². The van der Waals surface area contributed by atoms with Crippen LogP contribution in [-0.2, 0) is 0 Å². The molecule has 0 heterocycles. The van der Waals surface area contributed by atoms with Crippen LogP contribution in [0.5, 0.6) is 5.75 Å². The Bertz CT molecular complexity index is 902. The van der Waals surface area contributed by atoms with E-state index in [1.165, 1.54) is 5.56 Å². The minimum absolute atomic E-state index is 0.122. The van der Waals surface area contributed by atoms with Gasteiger partial charge in [0.15, 0.2) is 0 Å². The summed E-state index contributed by atoms with van der Waals surface area (Å²) < 4.78 is 0. The third-order valence-electron chi connectivity index (χ3n) is 4.49. The number of nitrogens with zero attached hydrogens (tertiary/aromatic N) is 1. The van der Waals surface area contributed by atoms with E-state index in [0.29, 0.717) is 5.75 Å². The lowest BCUT2D eigenvalue weighted by molar-refractivity contribution is 0.322. The van der Waals surface area contributed by atoms with Crippen LogP contribution in [0.4, 0.5) is 0 Å². The minimum Gasteiger partial charge on any atom is -0.508 e. The molecular formula is C23H25NO. The molecule has 3 aromatic rings. The first-order valence-electron chi connectivity index (χ1n) is 8.67. The molecular weight excluding hydrogens is 306 g/mol. The van der Waals surface area contributed by atoms with Crippen molar-refractivity contribution in [3.63, 3.8) is 0 Å². The summed E-state index contributed by atoms with van der Waals surface area (Å²) in [4.78, 5) is 4.89. The highest BCUT2D eigenvalue weighted by atomic mass is 16.3. The number of hydrogen-bond donors (Lipinski definition) is 1. The van der Waals surface area contributed by atoms with Crippen molar-refractivity contribution >= 4 is 17.0 Å². The van der Waals surface area contributed by atoms with Gasteiger partial charge in [0.25, 0.3) is 0 Å². The molecule has 0 saturated heterocycles. The van der Waals surface area contributed by atoms with E-state index >= 15 is 0 Å². The second-order valence-electron chi connectivity index (χ2n) is 7.68. The SMILES string of the molecule is Cc1ccc(C=NC(c2c(O)ccc3ccccc23)C(C)(C)C)cc1. The van der Waals surface area contributed by atoms with E-state index < -0.39 is 0 Å². The molecule has 0 saturated carbocycles. The minimum atomic E-state index is -0.139. The van der Waals surface area contributed by atoms with Gasteiger partial charge in [-0.2, -0.15) is 0 Å². The van der Waals surface area contributed by atoms with Crippen LogP contribution in [0.25, 0.3) is 10.8 Å². The topological polar surface area (TPSA) is 32.6 Å². The molecule has 25 heavy (non-hydrogen) atoms. The van der Waals surface area contributed by atoms with Gasteiger partial charge in [-0.05, 0) is 34.7 Å². The van der Waals surface area contributed by atoms with E-state index in [1.54, 1.807) is 6.07 Å². The fourth-order valence-electron chi connectivity index (χ4n) is 3.12. The van der Waals surface area contributed by atoms with Gasteiger partial charge >= 0.3 is 0 Å². The predicted molar refractivity (Wildman–Crippen MR) is 107 cm³/mol. The first-order valence-corrected chi connectivity index (χ1v) is 8.67. The molecule has 2 nitrogen and oxygen atoms in total. The number of rotatable bonds is 3. The largest absolute Gasteiger partial charge is 0.508 e. The Morgan fingerprint density at radius 1 is 0.920 bits per heavy atom. The number of aromatic hydroxyl groups is 1. The lowest BCUT2D eigenvalue weighted by Crippen LogP contribution is -2.17. The van der Waals surface area contributed by atoms with Crippen molar-refractivity contribution in [2.24, 2.45) is 10.4 Å². The summed E-state index contributed by atoms with van der Waals surface area (Å²) >= 11 is 0. The zero-order valence-corrected chi connectivity index (χ0v) is 15.3. The van der Waals surface area contributed by atoms with Gasteiger partial charge in [-0.25, -0.2) is 0 Å². The highest BCUT2D eigenvalue weighted by molar-refractivity contribution is 5.89. The Labute approximate surface area is 149 Å².